The summed E-state index contributed by atoms with van der Waals surface area (Å²) in [7, 11) is 1.79. The Morgan fingerprint density at radius 1 is 1.07 bits per heavy atom. The van der Waals surface area contributed by atoms with Crippen molar-refractivity contribution in [2.75, 3.05) is 13.1 Å². The Morgan fingerprint density at radius 3 is 2.27 bits per heavy atom. The van der Waals surface area contributed by atoms with Crippen molar-refractivity contribution in [3.05, 3.63) is 41.7 Å². The monoisotopic (exact) mass is 405 g/mol. The highest BCUT2D eigenvalue weighted by Gasteiger charge is 2.60. The van der Waals surface area contributed by atoms with Gasteiger partial charge in [0.2, 0.25) is 5.91 Å². The number of carbonyl (C=O) groups excluding carboxylic acids is 1. The van der Waals surface area contributed by atoms with Crippen LogP contribution in [0.5, 0.6) is 0 Å². The molecule has 0 spiro atoms. The van der Waals surface area contributed by atoms with E-state index < -0.39 is 0 Å². The Kier molecular flexibility index (Phi) is 4.09. The lowest BCUT2D eigenvalue weighted by molar-refractivity contribution is -0.146. The van der Waals surface area contributed by atoms with E-state index >= 15 is 0 Å². The molecular formula is C24H31N5O. The lowest BCUT2D eigenvalue weighted by atomic mass is 9.41. The number of likely N-dealkylation sites (tertiary alicyclic amines) is 1. The van der Waals surface area contributed by atoms with Gasteiger partial charge in [0.15, 0.2) is 5.82 Å². The Labute approximate surface area is 178 Å². The molecule has 1 amide bonds. The second-order valence-electron chi connectivity index (χ2n) is 10.4. The third-order valence-corrected chi connectivity index (χ3v) is 9.17. The molecule has 4 bridgehead atoms. The van der Waals surface area contributed by atoms with Gasteiger partial charge in [-0.2, -0.15) is 4.80 Å². The number of amides is 1. The number of hydrogen-bond donors (Lipinski definition) is 0. The zero-order chi connectivity index (χ0) is 20.5. The van der Waals surface area contributed by atoms with Crippen LogP contribution in [-0.4, -0.2) is 44.1 Å². The van der Waals surface area contributed by atoms with Gasteiger partial charge in [-0.25, -0.2) is 0 Å². The first-order valence-electron chi connectivity index (χ1n) is 11.6. The minimum absolute atomic E-state index is 0.0291. The van der Waals surface area contributed by atoms with Gasteiger partial charge in [-0.05, 0) is 66.0 Å². The molecule has 30 heavy (non-hydrogen) atoms. The van der Waals surface area contributed by atoms with Crippen molar-refractivity contribution < 1.29 is 4.79 Å². The summed E-state index contributed by atoms with van der Waals surface area (Å²) < 4.78 is 0. The molecule has 0 radical (unpaired) electrons. The van der Waals surface area contributed by atoms with Crippen LogP contribution < -0.4 is 0 Å². The lowest BCUT2D eigenvalue weighted by Gasteiger charge is -2.64. The van der Waals surface area contributed by atoms with E-state index in [-0.39, 0.29) is 11.3 Å². The van der Waals surface area contributed by atoms with Crippen LogP contribution in [0.3, 0.4) is 0 Å². The van der Waals surface area contributed by atoms with Crippen LogP contribution in [0.2, 0.25) is 0 Å². The summed E-state index contributed by atoms with van der Waals surface area (Å²) in [5.41, 5.74) is 1.44. The quantitative estimate of drug-likeness (QED) is 0.784. The largest absolute Gasteiger partial charge is 0.341 e. The third-order valence-electron chi connectivity index (χ3n) is 9.17. The number of benzene rings is 1. The number of nitrogens with zero attached hydrogens (tertiary/aromatic N) is 5. The average Bonchev–Trinajstić information content (AvgIpc) is 3.11. The fraction of sp³-hybridized carbons (Fsp3) is 0.667. The number of aromatic nitrogens is 4. The van der Waals surface area contributed by atoms with E-state index in [4.69, 9.17) is 0 Å². The summed E-state index contributed by atoms with van der Waals surface area (Å²) in [5, 5.41) is 12.4. The summed E-state index contributed by atoms with van der Waals surface area (Å²) in [5.74, 6) is 5.24. The number of hydrogen-bond acceptors (Lipinski definition) is 4. The van der Waals surface area contributed by atoms with Gasteiger partial charge in [0.1, 0.15) is 0 Å². The molecule has 4 saturated carbocycles. The molecule has 5 aliphatic rings. The molecule has 6 heteroatoms. The highest BCUT2D eigenvalue weighted by Crippen LogP contribution is 2.65. The van der Waals surface area contributed by atoms with Crippen molar-refractivity contribution >= 4 is 5.91 Å². The summed E-state index contributed by atoms with van der Waals surface area (Å²) in [6, 6.07) is 11.0. The first-order chi connectivity index (χ1) is 14.5. The van der Waals surface area contributed by atoms with Gasteiger partial charge >= 0.3 is 0 Å². The maximum absolute atomic E-state index is 13.5. The topological polar surface area (TPSA) is 63.9 Å². The molecule has 0 atom stereocenters. The maximum atomic E-state index is 13.5. The van der Waals surface area contributed by atoms with E-state index in [1.807, 2.05) is 4.90 Å². The molecule has 0 N–H and O–H groups in total. The highest BCUT2D eigenvalue weighted by molar-refractivity contribution is 5.79. The summed E-state index contributed by atoms with van der Waals surface area (Å²) in [6.07, 6.45) is 5.90. The zero-order valence-corrected chi connectivity index (χ0v) is 17.9. The second kappa shape index (κ2) is 6.63. The highest BCUT2D eigenvalue weighted by atomic mass is 16.2. The van der Waals surface area contributed by atoms with Crippen molar-refractivity contribution in [2.24, 2.45) is 36.6 Å². The predicted molar refractivity (Wildman–Crippen MR) is 112 cm³/mol. The van der Waals surface area contributed by atoms with Crippen molar-refractivity contribution in [1.82, 2.24) is 25.1 Å². The van der Waals surface area contributed by atoms with Crippen LogP contribution in [0.4, 0.5) is 0 Å². The summed E-state index contributed by atoms with van der Waals surface area (Å²) in [6.45, 7) is 3.93. The van der Waals surface area contributed by atoms with Gasteiger partial charge in [0.05, 0.1) is 13.0 Å². The number of aryl methyl sites for hydroxylation is 1. The van der Waals surface area contributed by atoms with Crippen molar-refractivity contribution in [2.45, 2.75) is 50.4 Å². The van der Waals surface area contributed by atoms with E-state index in [0.29, 0.717) is 24.2 Å². The second-order valence-corrected chi connectivity index (χ2v) is 10.4. The van der Waals surface area contributed by atoms with Crippen LogP contribution in [0.1, 0.15) is 56.3 Å². The SMILES string of the molecule is CC1C2CC3CC1CC(C2)C3(CC(=O)N1CC(c2nnn(C)n2)C1)c1ccccc1. The molecule has 1 aromatic heterocycles. The summed E-state index contributed by atoms with van der Waals surface area (Å²) in [4.78, 5) is 17.0. The molecule has 2 heterocycles. The van der Waals surface area contributed by atoms with Crippen LogP contribution >= 0.6 is 0 Å². The fourth-order valence-electron chi connectivity index (χ4n) is 7.55. The number of carbonyl (C=O) groups is 1. The van der Waals surface area contributed by atoms with Gasteiger partial charge in [-0.15, -0.1) is 10.2 Å². The molecule has 2 aromatic rings. The molecule has 5 fully saturated rings. The molecule has 6 nitrogen and oxygen atoms in total. The Hall–Kier alpha value is -2.24. The van der Waals surface area contributed by atoms with Crippen molar-refractivity contribution in [3.8, 4) is 0 Å². The van der Waals surface area contributed by atoms with E-state index in [1.54, 1.807) is 7.05 Å². The first-order valence-corrected chi connectivity index (χ1v) is 11.6. The van der Waals surface area contributed by atoms with E-state index in [2.05, 4.69) is 52.7 Å². The minimum Gasteiger partial charge on any atom is -0.341 e. The lowest BCUT2D eigenvalue weighted by Crippen LogP contribution is -2.60. The smallest absolute Gasteiger partial charge is 0.223 e. The number of rotatable bonds is 4. The molecule has 158 valence electrons. The average molecular weight is 406 g/mol. The number of tetrazole rings is 1. The van der Waals surface area contributed by atoms with Gasteiger partial charge in [-0.1, -0.05) is 37.3 Å². The van der Waals surface area contributed by atoms with E-state index in [0.717, 1.165) is 36.7 Å². The standard InChI is InChI=1S/C24H31N5O/c1-15-16-8-20-10-17(15)11-21(9-16)24(20,19-6-4-3-5-7-19)12-22(30)29-13-18(14-29)23-25-27-28(2)26-23/h3-7,15-18,20-21H,8-14H2,1-2H3. The Balaban J connectivity index is 1.26. The van der Waals surface area contributed by atoms with Crippen LogP contribution in [0.25, 0.3) is 0 Å². The van der Waals surface area contributed by atoms with Crippen molar-refractivity contribution in [3.63, 3.8) is 0 Å². The molecule has 0 unspecified atom stereocenters. The molecule has 4 aliphatic carbocycles. The van der Waals surface area contributed by atoms with Gasteiger partial charge in [-0.3, -0.25) is 4.79 Å². The fourth-order valence-corrected chi connectivity index (χ4v) is 7.55. The van der Waals surface area contributed by atoms with E-state index in [1.165, 1.54) is 36.0 Å². The van der Waals surface area contributed by atoms with Crippen LogP contribution in [0, 0.1) is 29.6 Å². The Bertz CT molecular complexity index is 918. The van der Waals surface area contributed by atoms with Crippen molar-refractivity contribution in [1.29, 1.82) is 0 Å². The first kappa shape index (κ1) is 18.5. The molecule has 7 rings (SSSR count). The molecular weight excluding hydrogens is 374 g/mol. The Morgan fingerprint density at radius 2 is 1.70 bits per heavy atom. The maximum Gasteiger partial charge on any atom is 0.223 e. The molecule has 1 aliphatic heterocycles. The minimum atomic E-state index is 0.0291. The normalized spacial score (nSPS) is 37.4. The van der Waals surface area contributed by atoms with Gasteiger partial charge < -0.3 is 4.90 Å². The predicted octanol–water partition coefficient (Wildman–Crippen LogP) is 3.17. The van der Waals surface area contributed by atoms with E-state index in [9.17, 15) is 4.79 Å². The van der Waals surface area contributed by atoms with Gasteiger partial charge in [0, 0.05) is 24.9 Å². The zero-order valence-electron chi connectivity index (χ0n) is 17.9. The van der Waals surface area contributed by atoms with Crippen LogP contribution in [-0.2, 0) is 17.3 Å². The van der Waals surface area contributed by atoms with Gasteiger partial charge in [0.25, 0.3) is 0 Å². The van der Waals surface area contributed by atoms with Crippen LogP contribution in [0.15, 0.2) is 30.3 Å². The molecule has 1 saturated heterocycles. The third kappa shape index (κ3) is 2.61. The summed E-state index contributed by atoms with van der Waals surface area (Å²) >= 11 is 0. The molecule has 1 aromatic carbocycles.